The van der Waals surface area contributed by atoms with Crippen LogP contribution in [0.5, 0.6) is 0 Å². The second kappa shape index (κ2) is 6.55. The summed E-state index contributed by atoms with van der Waals surface area (Å²) >= 11 is 0. The van der Waals surface area contributed by atoms with Crippen molar-refractivity contribution in [2.45, 2.75) is 57.0 Å². The molecule has 0 aromatic heterocycles. The molecule has 3 fully saturated rings. The maximum absolute atomic E-state index is 3.59. The van der Waals surface area contributed by atoms with Crippen LogP contribution in [0.4, 0.5) is 0 Å². The predicted octanol–water partition coefficient (Wildman–Crippen LogP) is 1.93. The molecule has 1 saturated carbocycles. The monoisotopic (exact) mass is 265 g/mol. The zero-order chi connectivity index (χ0) is 13.1. The molecule has 0 bridgehead atoms. The quantitative estimate of drug-likeness (QED) is 0.838. The Hall–Kier alpha value is -0.120. The summed E-state index contributed by atoms with van der Waals surface area (Å²) in [6.07, 6.45) is 9.99. The second-order valence-corrected chi connectivity index (χ2v) is 7.03. The highest BCUT2D eigenvalue weighted by Crippen LogP contribution is 2.33. The molecule has 3 heteroatoms. The van der Waals surface area contributed by atoms with E-state index in [1.807, 2.05) is 0 Å². The smallest absolute Gasteiger partial charge is 0.0111 e. The molecular weight excluding hydrogens is 234 g/mol. The summed E-state index contributed by atoms with van der Waals surface area (Å²) in [5.41, 5.74) is 0. The van der Waals surface area contributed by atoms with Crippen LogP contribution >= 0.6 is 0 Å². The number of rotatable bonds is 4. The van der Waals surface area contributed by atoms with Gasteiger partial charge in [-0.1, -0.05) is 0 Å². The average Bonchev–Trinajstić information content (AvgIpc) is 3.25. The third-order valence-electron chi connectivity index (χ3n) is 5.27. The number of hydrogen-bond acceptors (Lipinski definition) is 3. The summed E-state index contributed by atoms with van der Waals surface area (Å²) < 4.78 is 0. The van der Waals surface area contributed by atoms with Gasteiger partial charge in [0.05, 0.1) is 0 Å². The van der Waals surface area contributed by atoms with E-state index in [2.05, 4.69) is 22.2 Å². The van der Waals surface area contributed by atoms with Crippen LogP contribution in [0, 0.1) is 5.92 Å². The van der Waals surface area contributed by atoms with Gasteiger partial charge in [0.15, 0.2) is 0 Å². The van der Waals surface area contributed by atoms with E-state index in [1.165, 1.54) is 77.7 Å². The molecule has 0 spiro atoms. The van der Waals surface area contributed by atoms with Crippen LogP contribution < -0.4 is 5.32 Å². The minimum absolute atomic E-state index is 0.874. The normalized spacial score (nSPS) is 34.4. The highest BCUT2D eigenvalue weighted by Gasteiger charge is 2.35. The zero-order valence-electron chi connectivity index (χ0n) is 12.6. The van der Waals surface area contributed by atoms with Gasteiger partial charge in [-0.25, -0.2) is 0 Å². The van der Waals surface area contributed by atoms with E-state index in [0.717, 1.165) is 18.0 Å². The third-order valence-corrected chi connectivity index (χ3v) is 5.27. The molecule has 1 aliphatic carbocycles. The molecule has 3 rings (SSSR count). The standard InChI is InChI=1S/C16H31N3/c1-18-10-3-5-15(8-11-18)19(16-6-7-16)13-14-4-2-9-17-12-14/h14-17H,2-13H2,1H3. The van der Waals surface area contributed by atoms with Crippen molar-refractivity contribution >= 4 is 0 Å². The minimum Gasteiger partial charge on any atom is -0.316 e. The first-order valence-electron chi connectivity index (χ1n) is 8.48. The van der Waals surface area contributed by atoms with Crippen molar-refractivity contribution in [1.29, 1.82) is 0 Å². The lowest BCUT2D eigenvalue weighted by Gasteiger charge is -2.35. The number of nitrogens with zero attached hydrogens (tertiary/aromatic N) is 2. The van der Waals surface area contributed by atoms with Gasteiger partial charge in [-0.3, -0.25) is 4.90 Å². The molecule has 0 aromatic rings. The van der Waals surface area contributed by atoms with Gasteiger partial charge < -0.3 is 10.2 Å². The maximum atomic E-state index is 3.59. The summed E-state index contributed by atoms with van der Waals surface area (Å²) in [5, 5.41) is 3.59. The van der Waals surface area contributed by atoms with Gasteiger partial charge in [-0.15, -0.1) is 0 Å². The van der Waals surface area contributed by atoms with Crippen LogP contribution in [0.1, 0.15) is 44.9 Å². The zero-order valence-corrected chi connectivity index (χ0v) is 12.6. The topological polar surface area (TPSA) is 18.5 Å². The Bertz CT molecular complexity index is 271. The number of piperidine rings is 1. The van der Waals surface area contributed by atoms with Gasteiger partial charge in [0.1, 0.15) is 0 Å². The van der Waals surface area contributed by atoms with Gasteiger partial charge in [-0.05, 0) is 84.1 Å². The third kappa shape index (κ3) is 3.93. The van der Waals surface area contributed by atoms with Crippen LogP contribution in [0.3, 0.4) is 0 Å². The highest BCUT2D eigenvalue weighted by atomic mass is 15.2. The lowest BCUT2D eigenvalue weighted by Crippen LogP contribution is -2.44. The van der Waals surface area contributed by atoms with Crippen molar-refractivity contribution in [1.82, 2.24) is 15.1 Å². The fourth-order valence-electron chi connectivity index (χ4n) is 3.93. The number of hydrogen-bond donors (Lipinski definition) is 1. The molecule has 3 aliphatic rings. The van der Waals surface area contributed by atoms with Crippen molar-refractivity contribution in [3.05, 3.63) is 0 Å². The molecule has 110 valence electrons. The molecule has 0 aromatic carbocycles. The first-order valence-corrected chi connectivity index (χ1v) is 8.48. The predicted molar refractivity (Wildman–Crippen MR) is 80.5 cm³/mol. The Labute approximate surface area is 118 Å². The molecule has 2 heterocycles. The highest BCUT2D eigenvalue weighted by molar-refractivity contribution is 4.91. The summed E-state index contributed by atoms with van der Waals surface area (Å²) in [6, 6.07) is 1.81. The first-order chi connectivity index (χ1) is 9.33. The maximum Gasteiger partial charge on any atom is 0.0111 e. The van der Waals surface area contributed by atoms with E-state index in [0.29, 0.717) is 0 Å². The second-order valence-electron chi connectivity index (χ2n) is 7.03. The van der Waals surface area contributed by atoms with E-state index < -0.39 is 0 Å². The minimum atomic E-state index is 0.874. The van der Waals surface area contributed by atoms with Crippen molar-refractivity contribution in [2.24, 2.45) is 5.92 Å². The molecule has 2 saturated heterocycles. The van der Waals surface area contributed by atoms with Gasteiger partial charge in [-0.2, -0.15) is 0 Å². The van der Waals surface area contributed by atoms with Crippen molar-refractivity contribution in [2.75, 3.05) is 39.8 Å². The van der Waals surface area contributed by atoms with Gasteiger partial charge in [0.25, 0.3) is 0 Å². The van der Waals surface area contributed by atoms with Crippen molar-refractivity contribution < 1.29 is 0 Å². The molecule has 2 unspecified atom stereocenters. The average molecular weight is 265 g/mol. The van der Waals surface area contributed by atoms with E-state index in [-0.39, 0.29) is 0 Å². The Balaban J connectivity index is 1.56. The van der Waals surface area contributed by atoms with Gasteiger partial charge in [0.2, 0.25) is 0 Å². The van der Waals surface area contributed by atoms with Crippen LogP contribution in [0.2, 0.25) is 0 Å². The summed E-state index contributed by atoms with van der Waals surface area (Å²) in [4.78, 5) is 5.43. The van der Waals surface area contributed by atoms with Gasteiger partial charge >= 0.3 is 0 Å². The van der Waals surface area contributed by atoms with E-state index in [9.17, 15) is 0 Å². The lowest BCUT2D eigenvalue weighted by atomic mass is 9.97. The largest absolute Gasteiger partial charge is 0.316 e. The van der Waals surface area contributed by atoms with E-state index >= 15 is 0 Å². The Morgan fingerprint density at radius 3 is 2.58 bits per heavy atom. The fraction of sp³-hybridized carbons (Fsp3) is 1.00. The first kappa shape index (κ1) is 13.8. The Kier molecular flexibility index (Phi) is 4.78. The summed E-state index contributed by atoms with van der Waals surface area (Å²) in [5.74, 6) is 0.912. The SMILES string of the molecule is CN1CCCC(N(CC2CCCNC2)C2CC2)CC1. The molecule has 2 atom stereocenters. The fourth-order valence-corrected chi connectivity index (χ4v) is 3.93. The van der Waals surface area contributed by atoms with Gasteiger partial charge in [0, 0.05) is 18.6 Å². The summed E-state index contributed by atoms with van der Waals surface area (Å²) in [7, 11) is 2.29. The van der Waals surface area contributed by atoms with E-state index in [4.69, 9.17) is 0 Å². The number of likely N-dealkylation sites (tertiary alicyclic amines) is 1. The van der Waals surface area contributed by atoms with E-state index in [1.54, 1.807) is 0 Å². The molecule has 1 N–H and O–H groups in total. The van der Waals surface area contributed by atoms with Crippen LogP contribution in [0.25, 0.3) is 0 Å². The van der Waals surface area contributed by atoms with Crippen LogP contribution in [-0.4, -0.2) is 61.7 Å². The molecule has 19 heavy (non-hydrogen) atoms. The van der Waals surface area contributed by atoms with Crippen molar-refractivity contribution in [3.63, 3.8) is 0 Å². The Morgan fingerprint density at radius 2 is 1.84 bits per heavy atom. The number of nitrogens with one attached hydrogen (secondary N) is 1. The molecular formula is C16H31N3. The summed E-state index contributed by atoms with van der Waals surface area (Å²) in [6.45, 7) is 6.48. The van der Waals surface area contributed by atoms with Crippen LogP contribution in [0.15, 0.2) is 0 Å². The van der Waals surface area contributed by atoms with Crippen LogP contribution in [-0.2, 0) is 0 Å². The molecule has 0 amide bonds. The molecule has 2 aliphatic heterocycles. The molecule has 3 nitrogen and oxygen atoms in total. The Morgan fingerprint density at radius 1 is 1.00 bits per heavy atom. The molecule has 0 radical (unpaired) electrons. The lowest BCUT2D eigenvalue weighted by molar-refractivity contribution is 0.132. The van der Waals surface area contributed by atoms with Crippen molar-refractivity contribution in [3.8, 4) is 0 Å².